The van der Waals surface area contributed by atoms with Crippen LogP contribution in [-0.2, 0) is 13.0 Å². The van der Waals surface area contributed by atoms with Gasteiger partial charge in [0.1, 0.15) is 5.75 Å². The average Bonchev–Trinajstić information content (AvgIpc) is 2.93. The summed E-state index contributed by atoms with van der Waals surface area (Å²) >= 11 is 0. The van der Waals surface area contributed by atoms with Gasteiger partial charge in [0.15, 0.2) is 5.65 Å². The summed E-state index contributed by atoms with van der Waals surface area (Å²) in [5.41, 5.74) is 3.32. The van der Waals surface area contributed by atoms with E-state index in [0.717, 1.165) is 29.6 Å². The zero-order valence-corrected chi connectivity index (χ0v) is 14.7. The molecule has 2 aromatic heterocycles. The molecule has 0 radical (unpaired) electrons. The first-order chi connectivity index (χ1) is 12.3. The number of alkyl halides is 3. The minimum absolute atomic E-state index is 0.269. The van der Waals surface area contributed by atoms with Crippen LogP contribution in [0.5, 0.6) is 5.75 Å². The van der Waals surface area contributed by atoms with Gasteiger partial charge in [-0.15, -0.1) is 13.2 Å². The number of nitrogens with zero attached hydrogens (tertiary/aromatic N) is 4. The molecule has 26 heavy (non-hydrogen) atoms. The molecule has 0 amide bonds. The number of hydrogen-bond donors (Lipinski definition) is 0. The Bertz CT molecular complexity index is 901. The van der Waals surface area contributed by atoms with Crippen LogP contribution in [0.15, 0.2) is 36.5 Å². The summed E-state index contributed by atoms with van der Waals surface area (Å²) in [6, 6.07) is 7.57. The molecule has 0 aliphatic rings. The summed E-state index contributed by atoms with van der Waals surface area (Å²) in [4.78, 5) is 6.51. The molecule has 0 fully saturated rings. The zero-order chi connectivity index (χ0) is 18.9. The Morgan fingerprint density at radius 1 is 1.12 bits per heavy atom. The lowest BCUT2D eigenvalue weighted by Crippen LogP contribution is -2.17. The molecular weight excluding hydrogens is 345 g/mol. The molecule has 0 atom stereocenters. The van der Waals surface area contributed by atoms with Crippen molar-refractivity contribution in [2.45, 2.75) is 26.3 Å². The van der Waals surface area contributed by atoms with Gasteiger partial charge in [-0.2, -0.15) is 5.10 Å². The number of benzene rings is 1. The highest BCUT2D eigenvalue weighted by atomic mass is 19.4. The molecule has 138 valence electrons. The fourth-order valence-electron chi connectivity index (χ4n) is 2.87. The van der Waals surface area contributed by atoms with Crippen LogP contribution >= 0.6 is 0 Å². The van der Waals surface area contributed by atoms with Gasteiger partial charge in [-0.25, -0.2) is 9.67 Å². The summed E-state index contributed by atoms with van der Waals surface area (Å²) < 4.78 is 42.5. The van der Waals surface area contributed by atoms with Gasteiger partial charge in [-0.3, -0.25) is 0 Å². The molecular formula is C18H19F3N4O. The SMILES string of the molecule is CCc1nn(-c2ccc(OC(F)(F)F)cc2)c2nccc(CN(C)C)c12. The van der Waals surface area contributed by atoms with Gasteiger partial charge in [0.2, 0.25) is 0 Å². The first kappa shape index (κ1) is 18.2. The smallest absolute Gasteiger partial charge is 0.406 e. The Hall–Kier alpha value is -2.61. The lowest BCUT2D eigenvalue weighted by Gasteiger charge is -2.11. The number of aryl methyl sites for hydroxylation is 1. The van der Waals surface area contributed by atoms with Crippen LogP contribution in [-0.4, -0.2) is 40.1 Å². The summed E-state index contributed by atoms with van der Waals surface area (Å²) in [7, 11) is 3.98. The maximum Gasteiger partial charge on any atom is 0.573 e. The molecule has 3 rings (SSSR count). The fraction of sp³-hybridized carbons (Fsp3) is 0.333. The van der Waals surface area contributed by atoms with Crippen molar-refractivity contribution >= 4 is 11.0 Å². The summed E-state index contributed by atoms with van der Waals surface area (Å²) in [6.45, 7) is 2.76. The number of ether oxygens (including phenoxy) is 1. The van der Waals surface area contributed by atoms with E-state index in [4.69, 9.17) is 0 Å². The Labute approximate surface area is 149 Å². The second-order valence-electron chi connectivity index (χ2n) is 6.16. The predicted octanol–water partition coefficient (Wildman–Crippen LogP) is 3.94. The molecule has 0 aliphatic carbocycles. The lowest BCUT2D eigenvalue weighted by molar-refractivity contribution is -0.274. The molecule has 8 heteroatoms. The molecule has 0 aliphatic heterocycles. The van der Waals surface area contributed by atoms with E-state index >= 15 is 0 Å². The Morgan fingerprint density at radius 2 is 1.81 bits per heavy atom. The van der Waals surface area contributed by atoms with Crippen LogP contribution < -0.4 is 4.74 Å². The highest BCUT2D eigenvalue weighted by molar-refractivity contribution is 5.83. The molecule has 0 N–H and O–H groups in total. The van der Waals surface area contributed by atoms with Gasteiger partial charge in [0, 0.05) is 18.1 Å². The molecule has 1 aromatic carbocycles. The summed E-state index contributed by atoms with van der Waals surface area (Å²) in [6.07, 6.45) is -2.26. The highest BCUT2D eigenvalue weighted by Gasteiger charge is 2.31. The standard InChI is InChI=1S/C18H19F3N4O/c1-4-15-16-12(11-24(2)3)9-10-22-17(16)25(23-15)13-5-7-14(8-6-13)26-18(19,20)21/h5-10H,4,11H2,1-3H3. The van der Waals surface area contributed by atoms with Crippen molar-refractivity contribution in [1.82, 2.24) is 19.7 Å². The third-order valence-electron chi connectivity index (χ3n) is 3.86. The van der Waals surface area contributed by atoms with E-state index in [1.54, 1.807) is 10.9 Å². The van der Waals surface area contributed by atoms with E-state index in [2.05, 4.69) is 19.7 Å². The van der Waals surface area contributed by atoms with Crippen molar-refractivity contribution in [3.05, 3.63) is 47.8 Å². The van der Waals surface area contributed by atoms with E-state index < -0.39 is 6.36 Å². The zero-order valence-electron chi connectivity index (χ0n) is 14.7. The topological polar surface area (TPSA) is 43.2 Å². The fourth-order valence-corrected chi connectivity index (χ4v) is 2.87. The Balaban J connectivity index is 2.05. The molecule has 0 saturated carbocycles. The number of pyridine rings is 1. The molecule has 0 saturated heterocycles. The third-order valence-corrected chi connectivity index (χ3v) is 3.86. The molecule has 0 spiro atoms. The Morgan fingerprint density at radius 3 is 2.38 bits per heavy atom. The van der Waals surface area contributed by atoms with Crippen molar-refractivity contribution in [1.29, 1.82) is 0 Å². The van der Waals surface area contributed by atoms with Gasteiger partial charge in [0.05, 0.1) is 11.4 Å². The van der Waals surface area contributed by atoms with Crippen LogP contribution in [0.2, 0.25) is 0 Å². The summed E-state index contributed by atoms with van der Waals surface area (Å²) in [5.74, 6) is -0.269. The van der Waals surface area contributed by atoms with E-state index in [1.165, 1.54) is 24.3 Å². The molecule has 0 bridgehead atoms. The first-order valence-electron chi connectivity index (χ1n) is 8.15. The van der Waals surface area contributed by atoms with Crippen molar-refractivity contribution in [2.75, 3.05) is 14.1 Å². The number of fused-ring (bicyclic) bond motifs is 1. The molecule has 5 nitrogen and oxygen atoms in total. The normalized spacial score (nSPS) is 12.1. The van der Waals surface area contributed by atoms with E-state index in [0.29, 0.717) is 11.3 Å². The van der Waals surface area contributed by atoms with E-state index in [1.807, 2.05) is 27.1 Å². The maximum atomic E-state index is 12.3. The molecule has 3 aromatic rings. The van der Waals surface area contributed by atoms with Crippen LogP contribution in [0.1, 0.15) is 18.2 Å². The minimum Gasteiger partial charge on any atom is -0.406 e. The first-order valence-corrected chi connectivity index (χ1v) is 8.15. The number of halogens is 3. The van der Waals surface area contributed by atoms with Gasteiger partial charge >= 0.3 is 6.36 Å². The van der Waals surface area contributed by atoms with Gasteiger partial charge in [-0.1, -0.05) is 6.92 Å². The van der Waals surface area contributed by atoms with Crippen molar-refractivity contribution in [3.8, 4) is 11.4 Å². The maximum absolute atomic E-state index is 12.3. The minimum atomic E-state index is -4.71. The van der Waals surface area contributed by atoms with Crippen LogP contribution in [0.3, 0.4) is 0 Å². The van der Waals surface area contributed by atoms with Crippen molar-refractivity contribution in [3.63, 3.8) is 0 Å². The van der Waals surface area contributed by atoms with Crippen molar-refractivity contribution < 1.29 is 17.9 Å². The quantitative estimate of drug-likeness (QED) is 0.688. The lowest BCUT2D eigenvalue weighted by atomic mass is 10.1. The second kappa shape index (κ2) is 6.95. The van der Waals surface area contributed by atoms with Gasteiger partial charge in [0.25, 0.3) is 0 Å². The monoisotopic (exact) mass is 364 g/mol. The highest BCUT2D eigenvalue weighted by Crippen LogP contribution is 2.27. The van der Waals surface area contributed by atoms with E-state index in [-0.39, 0.29) is 5.75 Å². The Kier molecular flexibility index (Phi) is 4.86. The number of hydrogen-bond acceptors (Lipinski definition) is 4. The van der Waals surface area contributed by atoms with E-state index in [9.17, 15) is 13.2 Å². The number of aromatic nitrogens is 3. The largest absolute Gasteiger partial charge is 0.573 e. The van der Waals surface area contributed by atoms with Crippen molar-refractivity contribution in [2.24, 2.45) is 0 Å². The van der Waals surface area contributed by atoms with Gasteiger partial charge in [-0.05, 0) is 56.4 Å². The van der Waals surface area contributed by atoms with Gasteiger partial charge < -0.3 is 9.64 Å². The van der Waals surface area contributed by atoms with Crippen LogP contribution in [0.25, 0.3) is 16.7 Å². The third kappa shape index (κ3) is 3.80. The second-order valence-corrected chi connectivity index (χ2v) is 6.16. The predicted molar refractivity (Wildman–Crippen MR) is 92.3 cm³/mol. The molecule has 0 unspecified atom stereocenters. The van der Waals surface area contributed by atoms with Crippen LogP contribution in [0, 0.1) is 0 Å². The number of rotatable bonds is 5. The van der Waals surface area contributed by atoms with Crippen LogP contribution in [0.4, 0.5) is 13.2 Å². The molecule has 2 heterocycles. The summed E-state index contributed by atoms with van der Waals surface area (Å²) in [5, 5.41) is 5.61. The average molecular weight is 364 g/mol.